The van der Waals surface area contributed by atoms with Gasteiger partial charge in [-0.2, -0.15) is 4.98 Å². The normalized spacial score (nSPS) is 10.2. The number of aromatic carboxylic acids is 1. The molecular formula is C13H11ClN2O4. The standard InChI is InChI=1S/C13H11ClN2O4/c1-7-3-4-8(12(17)18)10(5-7)20-11-9(14)6-15-13(16-11)19-2/h3-6H,1-2H3,(H,17,18). The molecule has 0 atom stereocenters. The molecule has 0 spiro atoms. The molecule has 0 aliphatic carbocycles. The Morgan fingerprint density at radius 1 is 1.40 bits per heavy atom. The number of methoxy groups -OCH3 is 1. The van der Waals surface area contributed by atoms with Gasteiger partial charge < -0.3 is 14.6 Å². The van der Waals surface area contributed by atoms with Gasteiger partial charge in [-0.15, -0.1) is 0 Å². The average molecular weight is 295 g/mol. The molecule has 0 saturated heterocycles. The molecule has 6 nitrogen and oxygen atoms in total. The van der Waals surface area contributed by atoms with E-state index in [0.29, 0.717) is 0 Å². The number of aromatic nitrogens is 2. The number of ether oxygens (including phenoxy) is 2. The Hall–Kier alpha value is -2.34. The molecule has 2 rings (SSSR count). The molecule has 20 heavy (non-hydrogen) atoms. The van der Waals surface area contributed by atoms with Gasteiger partial charge in [0, 0.05) is 0 Å². The van der Waals surface area contributed by atoms with Crippen molar-refractivity contribution in [2.75, 3.05) is 7.11 Å². The Kier molecular flexibility index (Phi) is 4.05. The quantitative estimate of drug-likeness (QED) is 0.933. The lowest BCUT2D eigenvalue weighted by atomic mass is 10.1. The van der Waals surface area contributed by atoms with Crippen molar-refractivity contribution in [1.82, 2.24) is 9.97 Å². The predicted molar refractivity (Wildman–Crippen MR) is 71.8 cm³/mol. The maximum atomic E-state index is 11.2. The topological polar surface area (TPSA) is 81.5 Å². The Morgan fingerprint density at radius 3 is 2.80 bits per heavy atom. The molecule has 1 aromatic heterocycles. The smallest absolute Gasteiger partial charge is 0.339 e. The van der Waals surface area contributed by atoms with Crippen LogP contribution in [-0.2, 0) is 0 Å². The van der Waals surface area contributed by atoms with E-state index in [1.54, 1.807) is 12.1 Å². The first-order valence-electron chi connectivity index (χ1n) is 5.59. The van der Waals surface area contributed by atoms with Crippen LogP contribution in [0.25, 0.3) is 0 Å². The molecule has 1 aromatic carbocycles. The van der Waals surface area contributed by atoms with Crippen LogP contribution in [0.15, 0.2) is 24.4 Å². The van der Waals surface area contributed by atoms with Gasteiger partial charge >= 0.3 is 12.0 Å². The van der Waals surface area contributed by atoms with Crippen LogP contribution in [0.2, 0.25) is 5.02 Å². The molecule has 104 valence electrons. The van der Waals surface area contributed by atoms with Gasteiger partial charge in [-0.05, 0) is 24.6 Å². The first-order valence-corrected chi connectivity index (χ1v) is 5.97. The summed E-state index contributed by atoms with van der Waals surface area (Å²) in [6.07, 6.45) is 1.32. The molecule has 0 radical (unpaired) electrons. The minimum Gasteiger partial charge on any atom is -0.478 e. The van der Waals surface area contributed by atoms with E-state index in [-0.39, 0.29) is 28.2 Å². The first-order chi connectivity index (χ1) is 9.51. The largest absolute Gasteiger partial charge is 0.478 e. The van der Waals surface area contributed by atoms with Gasteiger partial charge in [0.05, 0.1) is 13.3 Å². The summed E-state index contributed by atoms with van der Waals surface area (Å²) < 4.78 is 10.4. The second-order valence-corrected chi connectivity index (χ2v) is 4.32. The summed E-state index contributed by atoms with van der Waals surface area (Å²) in [5, 5.41) is 9.29. The minimum atomic E-state index is -1.10. The van der Waals surface area contributed by atoms with Crippen molar-refractivity contribution in [2.45, 2.75) is 6.92 Å². The second kappa shape index (κ2) is 5.75. The van der Waals surface area contributed by atoms with Crippen LogP contribution in [0.1, 0.15) is 15.9 Å². The summed E-state index contributed by atoms with van der Waals surface area (Å²) in [7, 11) is 1.41. The molecule has 0 aliphatic rings. The van der Waals surface area contributed by atoms with Crippen molar-refractivity contribution >= 4 is 17.6 Å². The van der Waals surface area contributed by atoms with Gasteiger partial charge in [0.1, 0.15) is 16.3 Å². The van der Waals surface area contributed by atoms with E-state index in [1.807, 2.05) is 6.92 Å². The van der Waals surface area contributed by atoms with Crippen LogP contribution in [0.5, 0.6) is 17.6 Å². The predicted octanol–water partition coefficient (Wildman–Crippen LogP) is 2.94. The molecule has 0 amide bonds. The summed E-state index contributed by atoms with van der Waals surface area (Å²) in [4.78, 5) is 18.9. The number of nitrogens with zero attached hydrogens (tertiary/aromatic N) is 2. The summed E-state index contributed by atoms with van der Waals surface area (Å²) in [5.74, 6) is -0.913. The molecule has 0 bridgehead atoms. The van der Waals surface area contributed by atoms with Gasteiger partial charge in [0.25, 0.3) is 0 Å². The van der Waals surface area contributed by atoms with E-state index in [2.05, 4.69) is 9.97 Å². The second-order valence-electron chi connectivity index (χ2n) is 3.92. The third-order valence-corrected chi connectivity index (χ3v) is 2.71. The van der Waals surface area contributed by atoms with Crippen LogP contribution in [-0.4, -0.2) is 28.2 Å². The zero-order valence-electron chi connectivity index (χ0n) is 10.8. The zero-order chi connectivity index (χ0) is 14.7. The van der Waals surface area contributed by atoms with E-state index < -0.39 is 5.97 Å². The molecule has 0 fully saturated rings. The molecule has 0 saturated carbocycles. The zero-order valence-corrected chi connectivity index (χ0v) is 11.5. The number of carboxylic acid groups (broad SMARTS) is 1. The number of benzene rings is 1. The van der Waals surface area contributed by atoms with Crippen molar-refractivity contribution < 1.29 is 19.4 Å². The Labute approximate surface area is 120 Å². The van der Waals surface area contributed by atoms with Crippen LogP contribution >= 0.6 is 11.6 Å². The van der Waals surface area contributed by atoms with Gasteiger partial charge in [-0.3, -0.25) is 0 Å². The molecule has 0 aliphatic heterocycles. The van der Waals surface area contributed by atoms with Gasteiger partial charge in [-0.1, -0.05) is 17.7 Å². The highest BCUT2D eigenvalue weighted by Crippen LogP contribution is 2.30. The van der Waals surface area contributed by atoms with Gasteiger partial charge in [-0.25, -0.2) is 9.78 Å². The van der Waals surface area contributed by atoms with E-state index >= 15 is 0 Å². The molecular weight excluding hydrogens is 284 g/mol. The van der Waals surface area contributed by atoms with E-state index in [4.69, 9.17) is 26.2 Å². The van der Waals surface area contributed by atoms with Crippen molar-refractivity contribution in [1.29, 1.82) is 0 Å². The average Bonchev–Trinajstić information content (AvgIpc) is 2.41. The number of rotatable bonds is 4. The van der Waals surface area contributed by atoms with Gasteiger partial charge in [0.2, 0.25) is 5.88 Å². The molecule has 2 aromatic rings. The third-order valence-electron chi connectivity index (χ3n) is 2.45. The fourth-order valence-electron chi connectivity index (χ4n) is 1.50. The number of carbonyl (C=O) groups is 1. The number of halogens is 1. The van der Waals surface area contributed by atoms with Crippen molar-refractivity contribution in [3.8, 4) is 17.6 Å². The summed E-state index contributed by atoms with van der Waals surface area (Å²) >= 11 is 5.92. The Balaban J connectivity index is 2.43. The highest BCUT2D eigenvalue weighted by molar-refractivity contribution is 6.31. The molecule has 1 heterocycles. The number of hydrogen-bond acceptors (Lipinski definition) is 5. The van der Waals surface area contributed by atoms with Crippen molar-refractivity contribution in [3.63, 3.8) is 0 Å². The van der Waals surface area contributed by atoms with Gasteiger partial charge in [0.15, 0.2) is 0 Å². The van der Waals surface area contributed by atoms with Crippen LogP contribution in [0, 0.1) is 6.92 Å². The fourth-order valence-corrected chi connectivity index (χ4v) is 1.63. The number of hydrogen-bond donors (Lipinski definition) is 1. The van der Waals surface area contributed by atoms with E-state index in [1.165, 1.54) is 19.4 Å². The number of aryl methyl sites for hydroxylation is 1. The third kappa shape index (κ3) is 2.97. The van der Waals surface area contributed by atoms with E-state index in [9.17, 15) is 4.79 Å². The first kappa shape index (κ1) is 14.1. The van der Waals surface area contributed by atoms with Crippen molar-refractivity contribution in [2.24, 2.45) is 0 Å². The summed E-state index contributed by atoms with van der Waals surface area (Å²) in [6.45, 7) is 1.82. The summed E-state index contributed by atoms with van der Waals surface area (Å²) in [6, 6.07) is 4.81. The summed E-state index contributed by atoms with van der Waals surface area (Å²) in [5.41, 5.74) is 0.867. The Bertz CT molecular complexity index is 661. The minimum absolute atomic E-state index is 0.0178. The maximum Gasteiger partial charge on any atom is 0.339 e. The van der Waals surface area contributed by atoms with Crippen LogP contribution in [0.3, 0.4) is 0 Å². The lowest BCUT2D eigenvalue weighted by Crippen LogP contribution is -2.02. The van der Waals surface area contributed by atoms with Crippen molar-refractivity contribution in [3.05, 3.63) is 40.5 Å². The lowest BCUT2D eigenvalue weighted by Gasteiger charge is -2.10. The van der Waals surface area contributed by atoms with E-state index in [0.717, 1.165) is 5.56 Å². The molecule has 1 N–H and O–H groups in total. The number of carboxylic acids is 1. The monoisotopic (exact) mass is 294 g/mol. The van der Waals surface area contributed by atoms with Crippen LogP contribution in [0.4, 0.5) is 0 Å². The molecule has 7 heteroatoms. The highest BCUT2D eigenvalue weighted by atomic mass is 35.5. The SMILES string of the molecule is COc1ncc(Cl)c(Oc2cc(C)ccc2C(=O)O)n1. The fraction of sp³-hybridized carbons (Fsp3) is 0.154. The molecule has 0 unspecified atom stereocenters. The van der Waals surface area contributed by atoms with Crippen LogP contribution < -0.4 is 9.47 Å². The Morgan fingerprint density at radius 2 is 2.15 bits per heavy atom. The maximum absolute atomic E-state index is 11.2. The lowest BCUT2D eigenvalue weighted by molar-refractivity contribution is 0.0694. The highest BCUT2D eigenvalue weighted by Gasteiger charge is 2.15.